The molecule has 0 aliphatic heterocycles. The van der Waals surface area contributed by atoms with Gasteiger partial charge < -0.3 is 10.5 Å². The van der Waals surface area contributed by atoms with Gasteiger partial charge in [-0.2, -0.15) is 0 Å². The van der Waals surface area contributed by atoms with E-state index in [1.54, 1.807) is 0 Å². The van der Waals surface area contributed by atoms with Crippen LogP contribution in [-0.4, -0.2) is 6.10 Å². The Morgan fingerprint density at radius 2 is 1.88 bits per heavy atom. The molecular weight excluding hydrogens is 198 g/mol. The molecule has 2 rings (SSSR count). The van der Waals surface area contributed by atoms with E-state index >= 15 is 0 Å². The van der Waals surface area contributed by atoms with Crippen LogP contribution in [0.5, 0.6) is 5.75 Å². The Morgan fingerprint density at radius 3 is 2.56 bits per heavy atom. The van der Waals surface area contributed by atoms with Gasteiger partial charge >= 0.3 is 0 Å². The number of nitrogen functional groups attached to an aromatic ring is 1. The summed E-state index contributed by atoms with van der Waals surface area (Å²) in [5.74, 6) is 1.72. The second-order valence-electron chi connectivity index (χ2n) is 5.04. The Morgan fingerprint density at radius 1 is 1.19 bits per heavy atom. The van der Waals surface area contributed by atoms with Crippen molar-refractivity contribution in [2.24, 2.45) is 5.92 Å². The molecule has 1 fully saturated rings. The van der Waals surface area contributed by atoms with Crippen molar-refractivity contribution in [3.63, 3.8) is 0 Å². The second kappa shape index (κ2) is 4.77. The third-order valence-electron chi connectivity index (χ3n) is 3.43. The van der Waals surface area contributed by atoms with E-state index in [2.05, 4.69) is 13.8 Å². The van der Waals surface area contributed by atoms with Crippen LogP contribution in [0.2, 0.25) is 0 Å². The first kappa shape index (κ1) is 11.3. The third kappa shape index (κ3) is 2.69. The van der Waals surface area contributed by atoms with E-state index < -0.39 is 0 Å². The number of hydrogen-bond acceptors (Lipinski definition) is 2. The fourth-order valence-electron chi connectivity index (χ4n) is 2.27. The van der Waals surface area contributed by atoms with Crippen molar-refractivity contribution in [1.82, 2.24) is 0 Å². The monoisotopic (exact) mass is 219 g/mol. The molecule has 2 nitrogen and oxygen atoms in total. The summed E-state index contributed by atoms with van der Waals surface area (Å²) >= 11 is 0. The van der Waals surface area contributed by atoms with Crippen molar-refractivity contribution in [2.75, 3.05) is 5.73 Å². The summed E-state index contributed by atoms with van der Waals surface area (Å²) in [5.41, 5.74) is 7.87. The minimum atomic E-state index is 0.361. The van der Waals surface area contributed by atoms with Gasteiger partial charge in [0.05, 0.1) is 11.8 Å². The molecule has 0 saturated heterocycles. The lowest BCUT2D eigenvalue weighted by Gasteiger charge is -2.27. The molecule has 0 spiro atoms. The Labute approximate surface area is 97.8 Å². The lowest BCUT2D eigenvalue weighted by atomic mass is 9.89. The average Bonchev–Trinajstić information content (AvgIpc) is 2.27. The molecule has 1 aliphatic carbocycles. The molecule has 0 amide bonds. The van der Waals surface area contributed by atoms with Gasteiger partial charge in [0.25, 0.3) is 0 Å². The molecule has 0 aromatic heterocycles. The van der Waals surface area contributed by atoms with Crippen molar-refractivity contribution in [1.29, 1.82) is 0 Å². The average molecular weight is 219 g/mol. The van der Waals surface area contributed by atoms with Crippen LogP contribution >= 0.6 is 0 Å². The molecule has 0 atom stereocenters. The van der Waals surface area contributed by atoms with E-state index in [-0.39, 0.29) is 0 Å². The minimum absolute atomic E-state index is 0.361. The number of anilines is 1. The zero-order chi connectivity index (χ0) is 11.5. The second-order valence-corrected chi connectivity index (χ2v) is 5.04. The molecule has 1 saturated carbocycles. The van der Waals surface area contributed by atoms with Crippen LogP contribution in [0.25, 0.3) is 0 Å². The van der Waals surface area contributed by atoms with Crippen LogP contribution in [0.4, 0.5) is 5.69 Å². The molecule has 1 aromatic rings. The summed E-state index contributed by atoms with van der Waals surface area (Å²) in [6.45, 7) is 4.38. The van der Waals surface area contributed by atoms with Gasteiger partial charge in [0.2, 0.25) is 0 Å². The molecule has 0 radical (unpaired) electrons. The summed E-state index contributed by atoms with van der Waals surface area (Å²) < 4.78 is 5.99. The van der Waals surface area contributed by atoms with E-state index in [0.717, 1.165) is 30.2 Å². The summed E-state index contributed by atoms with van der Waals surface area (Å²) in [5, 5.41) is 0. The highest BCUT2D eigenvalue weighted by Gasteiger charge is 2.20. The number of nitrogens with two attached hydrogens (primary N) is 1. The maximum absolute atomic E-state index is 5.99. The Balaban J connectivity index is 2.00. The van der Waals surface area contributed by atoms with Crippen LogP contribution in [0, 0.1) is 12.8 Å². The fourth-order valence-corrected chi connectivity index (χ4v) is 2.27. The summed E-state index contributed by atoms with van der Waals surface area (Å²) in [4.78, 5) is 0. The Hall–Kier alpha value is -1.18. The van der Waals surface area contributed by atoms with Gasteiger partial charge in [-0.1, -0.05) is 13.0 Å². The highest BCUT2D eigenvalue weighted by molar-refractivity contribution is 5.53. The number of benzene rings is 1. The van der Waals surface area contributed by atoms with Crippen LogP contribution in [0.3, 0.4) is 0 Å². The van der Waals surface area contributed by atoms with Gasteiger partial charge in [-0.15, -0.1) is 0 Å². The van der Waals surface area contributed by atoms with Gasteiger partial charge in [-0.3, -0.25) is 0 Å². The van der Waals surface area contributed by atoms with Crippen LogP contribution in [0.15, 0.2) is 18.2 Å². The van der Waals surface area contributed by atoms with Crippen molar-refractivity contribution in [2.45, 2.75) is 45.6 Å². The predicted molar refractivity (Wildman–Crippen MR) is 67.6 cm³/mol. The van der Waals surface area contributed by atoms with Gasteiger partial charge in [0.1, 0.15) is 5.75 Å². The molecule has 0 bridgehead atoms. The van der Waals surface area contributed by atoms with E-state index in [0.29, 0.717) is 6.10 Å². The van der Waals surface area contributed by atoms with Gasteiger partial charge in [0, 0.05) is 0 Å². The van der Waals surface area contributed by atoms with Gasteiger partial charge in [-0.25, -0.2) is 0 Å². The number of ether oxygens (including phenoxy) is 1. The van der Waals surface area contributed by atoms with Crippen LogP contribution < -0.4 is 10.5 Å². The molecule has 2 heteroatoms. The fraction of sp³-hybridized carbons (Fsp3) is 0.571. The van der Waals surface area contributed by atoms with E-state index in [1.165, 1.54) is 18.4 Å². The zero-order valence-electron chi connectivity index (χ0n) is 10.2. The van der Waals surface area contributed by atoms with Crippen molar-refractivity contribution >= 4 is 5.69 Å². The molecule has 88 valence electrons. The molecule has 2 N–H and O–H groups in total. The van der Waals surface area contributed by atoms with Crippen molar-refractivity contribution < 1.29 is 4.74 Å². The lowest BCUT2D eigenvalue weighted by Crippen LogP contribution is -2.23. The minimum Gasteiger partial charge on any atom is -0.488 e. The van der Waals surface area contributed by atoms with Gasteiger partial charge in [-0.05, 0) is 56.2 Å². The lowest BCUT2D eigenvalue weighted by molar-refractivity contribution is 0.136. The largest absolute Gasteiger partial charge is 0.488 e. The number of aryl methyl sites for hydroxylation is 1. The first-order valence-electron chi connectivity index (χ1n) is 6.18. The highest BCUT2D eigenvalue weighted by atomic mass is 16.5. The Kier molecular flexibility index (Phi) is 3.37. The first-order chi connectivity index (χ1) is 7.65. The van der Waals surface area contributed by atoms with E-state index in [4.69, 9.17) is 10.5 Å². The maximum atomic E-state index is 5.99. The highest BCUT2D eigenvalue weighted by Crippen LogP contribution is 2.30. The third-order valence-corrected chi connectivity index (χ3v) is 3.43. The number of rotatable bonds is 2. The van der Waals surface area contributed by atoms with E-state index in [9.17, 15) is 0 Å². The SMILES string of the molecule is Cc1ccc(N)c(OC2CCC(C)CC2)c1. The quantitative estimate of drug-likeness (QED) is 0.772. The van der Waals surface area contributed by atoms with Crippen molar-refractivity contribution in [3.05, 3.63) is 23.8 Å². The smallest absolute Gasteiger partial charge is 0.142 e. The summed E-state index contributed by atoms with van der Waals surface area (Å²) in [7, 11) is 0. The Bertz CT molecular complexity index is 354. The summed E-state index contributed by atoms with van der Waals surface area (Å²) in [6, 6.07) is 5.98. The van der Waals surface area contributed by atoms with Crippen molar-refractivity contribution in [3.8, 4) is 5.75 Å². The maximum Gasteiger partial charge on any atom is 0.142 e. The van der Waals surface area contributed by atoms with Gasteiger partial charge in [0.15, 0.2) is 0 Å². The zero-order valence-corrected chi connectivity index (χ0v) is 10.2. The number of hydrogen-bond donors (Lipinski definition) is 1. The summed E-state index contributed by atoms with van der Waals surface area (Å²) in [6.07, 6.45) is 5.23. The first-order valence-corrected chi connectivity index (χ1v) is 6.18. The topological polar surface area (TPSA) is 35.2 Å². The molecule has 1 aliphatic rings. The normalized spacial score (nSPS) is 25.4. The molecule has 1 aromatic carbocycles. The molecule has 0 unspecified atom stereocenters. The molecule has 0 heterocycles. The molecule has 16 heavy (non-hydrogen) atoms. The van der Waals surface area contributed by atoms with Crippen LogP contribution in [0.1, 0.15) is 38.2 Å². The van der Waals surface area contributed by atoms with Crippen LogP contribution in [-0.2, 0) is 0 Å². The molecular formula is C14H21NO. The standard InChI is InChI=1S/C14H21NO/c1-10-3-6-12(7-4-10)16-14-9-11(2)5-8-13(14)15/h5,8-10,12H,3-4,6-7,15H2,1-2H3. The van der Waals surface area contributed by atoms with E-state index in [1.807, 2.05) is 18.2 Å². The predicted octanol–water partition coefficient (Wildman–Crippen LogP) is 3.53.